The van der Waals surface area contributed by atoms with Crippen molar-refractivity contribution >= 4 is 28.6 Å². The van der Waals surface area contributed by atoms with Crippen LogP contribution in [-0.4, -0.2) is 26.5 Å². The number of carbonyl (C=O) groups is 1. The van der Waals surface area contributed by atoms with E-state index in [0.29, 0.717) is 11.4 Å². The van der Waals surface area contributed by atoms with Gasteiger partial charge in [0.25, 0.3) is 0 Å². The van der Waals surface area contributed by atoms with E-state index >= 15 is 0 Å². The minimum absolute atomic E-state index is 0.299. The van der Waals surface area contributed by atoms with Crippen molar-refractivity contribution in [2.24, 2.45) is 0 Å². The van der Waals surface area contributed by atoms with Crippen molar-refractivity contribution in [3.05, 3.63) is 54.0 Å². The summed E-state index contributed by atoms with van der Waals surface area (Å²) in [6, 6.07) is 13.0. The first-order chi connectivity index (χ1) is 11.2. The fourth-order valence-electron chi connectivity index (χ4n) is 2.28. The number of Topliss-reactive ketones (excluding diaryl/α,β-unsaturated/α-hetero) is 1. The first-order valence-electron chi connectivity index (χ1n) is 7.20. The number of para-hydroxylation sites is 2. The molecule has 0 aliphatic heterocycles. The number of thioether (sulfide) groups is 1. The molecule has 114 valence electrons. The van der Waals surface area contributed by atoms with E-state index in [0.717, 1.165) is 21.8 Å². The van der Waals surface area contributed by atoms with Crippen molar-refractivity contribution in [3.63, 3.8) is 0 Å². The molecule has 2 aromatic heterocycles. The maximum absolute atomic E-state index is 12.6. The highest BCUT2D eigenvalue weighted by molar-refractivity contribution is 7.99. The largest absolute Gasteiger partial charge is 0.340 e. The van der Waals surface area contributed by atoms with E-state index in [9.17, 15) is 10.1 Å². The molecular formula is C17H14N4OS. The number of H-pyrrole nitrogens is 1. The van der Waals surface area contributed by atoms with Gasteiger partial charge < -0.3 is 4.98 Å². The van der Waals surface area contributed by atoms with Crippen LogP contribution >= 0.6 is 11.8 Å². The lowest BCUT2D eigenvalue weighted by Gasteiger charge is -2.05. The van der Waals surface area contributed by atoms with Gasteiger partial charge in [0, 0.05) is 11.8 Å². The number of hydrogen-bond acceptors (Lipinski definition) is 5. The quantitative estimate of drug-likeness (QED) is 0.573. The molecule has 0 bridgehead atoms. The van der Waals surface area contributed by atoms with E-state index in [1.807, 2.05) is 37.3 Å². The molecule has 1 atom stereocenters. The number of carbonyl (C=O) groups excluding carboxylic acids is 1. The molecule has 0 aliphatic rings. The van der Waals surface area contributed by atoms with Crippen LogP contribution in [0.4, 0.5) is 0 Å². The average Bonchev–Trinajstić information content (AvgIpc) is 3.00. The lowest BCUT2D eigenvalue weighted by atomic mass is 10.00. The molecule has 0 radical (unpaired) electrons. The van der Waals surface area contributed by atoms with Gasteiger partial charge in [0.15, 0.2) is 11.7 Å². The summed E-state index contributed by atoms with van der Waals surface area (Å²) in [5.74, 6) is 0.0202. The van der Waals surface area contributed by atoms with Gasteiger partial charge >= 0.3 is 0 Å². The molecule has 0 fully saturated rings. The van der Waals surface area contributed by atoms with E-state index in [2.05, 4.69) is 15.0 Å². The van der Waals surface area contributed by atoms with Crippen molar-refractivity contribution in [3.8, 4) is 6.07 Å². The van der Waals surface area contributed by atoms with E-state index < -0.39 is 5.92 Å². The number of fused-ring (bicyclic) bond motifs is 1. The topological polar surface area (TPSA) is 82.4 Å². The number of aromatic amines is 1. The Hall–Kier alpha value is -2.65. The first-order valence-corrected chi connectivity index (χ1v) is 8.18. The Morgan fingerprint density at radius 2 is 2.17 bits per heavy atom. The molecule has 0 saturated carbocycles. The lowest BCUT2D eigenvalue weighted by Crippen LogP contribution is -2.13. The van der Waals surface area contributed by atoms with Gasteiger partial charge in [-0.15, -0.1) is 11.8 Å². The highest BCUT2D eigenvalue weighted by atomic mass is 32.2. The van der Waals surface area contributed by atoms with Crippen LogP contribution in [0.15, 0.2) is 47.6 Å². The van der Waals surface area contributed by atoms with Crippen LogP contribution in [0.2, 0.25) is 0 Å². The second-order valence-corrected chi connectivity index (χ2v) is 6.17. The number of benzene rings is 1. The molecule has 23 heavy (non-hydrogen) atoms. The third-order valence-electron chi connectivity index (χ3n) is 3.39. The molecule has 0 spiro atoms. The van der Waals surface area contributed by atoms with Crippen molar-refractivity contribution in [1.82, 2.24) is 15.0 Å². The molecule has 0 aliphatic carbocycles. The number of nitrogens with one attached hydrogen (secondary N) is 1. The van der Waals surface area contributed by atoms with Gasteiger partial charge in [0.05, 0.1) is 22.1 Å². The van der Waals surface area contributed by atoms with Crippen LogP contribution in [0.25, 0.3) is 11.0 Å². The first kappa shape index (κ1) is 15.3. The van der Waals surface area contributed by atoms with Crippen molar-refractivity contribution in [2.75, 3.05) is 5.75 Å². The molecule has 0 unspecified atom stereocenters. The summed E-state index contributed by atoms with van der Waals surface area (Å²) < 4.78 is 0. The Labute approximate surface area is 137 Å². The third kappa shape index (κ3) is 3.10. The summed E-state index contributed by atoms with van der Waals surface area (Å²) >= 11 is 1.60. The summed E-state index contributed by atoms with van der Waals surface area (Å²) in [7, 11) is 0. The summed E-state index contributed by atoms with van der Waals surface area (Å²) in [4.78, 5) is 24.2. The minimum atomic E-state index is -0.964. The van der Waals surface area contributed by atoms with E-state index in [-0.39, 0.29) is 5.78 Å². The Morgan fingerprint density at radius 3 is 2.83 bits per heavy atom. The highest BCUT2D eigenvalue weighted by Crippen LogP contribution is 2.22. The second kappa shape index (κ2) is 6.63. The van der Waals surface area contributed by atoms with Gasteiger partial charge in [-0.3, -0.25) is 4.79 Å². The number of pyridine rings is 1. The van der Waals surface area contributed by atoms with Crippen molar-refractivity contribution < 1.29 is 4.79 Å². The number of rotatable bonds is 5. The van der Waals surface area contributed by atoms with Crippen LogP contribution in [0, 0.1) is 11.3 Å². The van der Waals surface area contributed by atoms with E-state index in [1.54, 1.807) is 23.9 Å². The number of aromatic nitrogens is 3. The summed E-state index contributed by atoms with van der Waals surface area (Å²) in [5.41, 5.74) is 1.96. The van der Waals surface area contributed by atoms with Gasteiger partial charge in [-0.25, -0.2) is 9.97 Å². The van der Waals surface area contributed by atoms with Gasteiger partial charge in [0.1, 0.15) is 5.82 Å². The molecule has 1 aromatic carbocycles. The lowest BCUT2D eigenvalue weighted by molar-refractivity contribution is 0.0976. The summed E-state index contributed by atoms with van der Waals surface area (Å²) in [6.45, 7) is 2.04. The molecule has 6 heteroatoms. The molecule has 1 N–H and O–H groups in total. The Bertz CT molecular complexity index is 846. The molecule has 0 saturated heterocycles. The minimum Gasteiger partial charge on any atom is -0.340 e. The molecule has 2 heterocycles. The molecule has 5 nitrogen and oxygen atoms in total. The fourth-order valence-corrected chi connectivity index (χ4v) is 2.87. The van der Waals surface area contributed by atoms with Gasteiger partial charge in [-0.05, 0) is 30.0 Å². The maximum atomic E-state index is 12.6. The molecule has 0 amide bonds. The number of nitrogens with zero attached hydrogens (tertiary/aromatic N) is 3. The van der Waals surface area contributed by atoms with Crippen LogP contribution in [0.5, 0.6) is 0 Å². The van der Waals surface area contributed by atoms with Crippen molar-refractivity contribution in [1.29, 1.82) is 5.26 Å². The molecule has 3 aromatic rings. The van der Waals surface area contributed by atoms with Crippen LogP contribution < -0.4 is 0 Å². The Balaban J connectivity index is 1.90. The standard InChI is InChI=1S/C17H14N4OS/c1-2-23-15-8-7-11(10-19-15)16(22)12(9-18)17-20-13-5-3-4-6-14(13)21-17/h3-8,10,12H,2H2,1H3,(H,20,21)/t12-/m1/s1. The highest BCUT2D eigenvalue weighted by Gasteiger charge is 2.25. The predicted octanol–water partition coefficient (Wildman–Crippen LogP) is 3.56. The number of ketones is 1. The fraction of sp³-hybridized carbons (Fsp3) is 0.176. The summed E-state index contributed by atoms with van der Waals surface area (Å²) in [5, 5.41) is 10.3. The van der Waals surface area contributed by atoms with Crippen LogP contribution in [0.1, 0.15) is 29.0 Å². The van der Waals surface area contributed by atoms with Crippen LogP contribution in [0.3, 0.4) is 0 Å². The molecular weight excluding hydrogens is 308 g/mol. The van der Waals surface area contributed by atoms with E-state index in [1.165, 1.54) is 6.20 Å². The Morgan fingerprint density at radius 1 is 1.35 bits per heavy atom. The number of hydrogen-bond donors (Lipinski definition) is 1. The SMILES string of the molecule is CCSc1ccc(C(=O)[C@@H](C#N)c2nc3ccccc3[nH]2)cn1. The van der Waals surface area contributed by atoms with Gasteiger partial charge in [-0.2, -0.15) is 5.26 Å². The van der Waals surface area contributed by atoms with E-state index in [4.69, 9.17) is 0 Å². The average molecular weight is 322 g/mol. The zero-order chi connectivity index (χ0) is 16.2. The zero-order valence-corrected chi connectivity index (χ0v) is 13.3. The Kier molecular flexibility index (Phi) is 4.40. The smallest absolute Gasteiger partial charge is 0.189 e. The summed E-state index contributed by atoms with van der Waals surface area (Å²) in [6.07, 6.45) is 1.52. The molecule has 3 rings (SSSR count). The maximum Gasteiger partial charge on any atom is 0.189 e. The normalized spacial score (nSPS) is 12.0. The third-order valence-corrected chi connectivity index (χ3v) is 4.21. The van der Waals surface area contributed by atoms with Gasteiger partial charge in [0.2, 0.25) is 0 Å². The monoisotopic (exact) mass is 322 g/mol. The second-order valence-electron chi connectivity index (χ2n) is 4.88. The zero-order valence-electron chi connectivity index (χ0n) is 12.5. The van der Waals surface area contributed by atoms with Crippen LogP contribution in [-0.2, 0) is 0 Å². The number of imidazole rings is 1. The predicted molar refractivity (Wildman–Crippen MR) is 89.4 cm³/mol. The van der Waals surface area contributed by atoms with Crippen molar-refractivity contribution in [2.45, 2.75) is 17.9 Å². The number of nitriles is 1. The van der Waals surface area contributed by atoms with Gasteiger partial charge in [-0.1, -0.05) is 19.1 Å².